The Balaban J connectivity index is 2.83. The summed E-state index contributed by atoms with van der Waals surface area (Å²) < 4.78 is 1.35. The van der Waals surface area contributed by atoms with Gasteiger partial charge in [0.1, 0.15) is 0 Å². The van der Waals surface area contributed by atoms with Gasteiger partial charge in [-0.1, -0.05) is 0 Å². The van der Waals surface area contributed by atoms with E-state index in [0.717, 1.165) is 24.4 Å². The molecule has 0 fully saturated rings. The predicted molar refractivity (Wildman–Crippen MR) is 38.7 cm³/mol. The molecule has 0 atom stereocenters. The van der Waals surface area contributed by atoms with Crippen LogP contribution in [-0.2, 0) is 4.18 Å². The molecule has 0 radical (unpaired) electrons. The number of benzene rings is 1. The van der Waals surface area contributed by atoms with Crippen molar-refractivity contribution < 1.29 is 0 Å². The van der Waals surface area contributed by atoms with Crippen molar-refractivity contribution in [3.05, 3.63) is 35.9 Å². The standard InChI is InChI=1S/C7H7.In.2H/c1-7-5-3-2-4-6-7;;;/h2-6H,1H2;;;. The minimum absolute atomic E-state index is 0.823. The Morgan fingerprint density at radius 1 is 1.12 bits per heavy atom. The molecule has 0 unspecified atom stereocenters. The molecule has 0 heterocycles. The third-order valence-electron chi connectivity index (χ3n) is 1.25. The van der Waals surface area contributed by atoms with E-state index in [1.165, 1.54) is 9.74 Å². The van der Waals surface area contributed by atoms with Gasteiger partial charge in [-0.15, -0.1) is 0 Å². The van der Waals surface area contributed by atoms with Crippen LogP contribution in [0.25, 0.3) is 0 Å². The zero-order valence-corrected chi connectivity index (χ0v) is 10.8. The van der Waals surface area contributed by atoms with Crippen LogP contribution < -0.4 is 0 Å². The van der Waals surface area contributed by atoms with E-state index in [4.69, 9.17) is 0 Å². The van der Waals surface area contributed by atoms with Gasteiger partial charge in [-0.3, -0.25) is 0 Å². The summed E-state index contributed by atoms with van der Waals surface area (Å²) in [6, 6.07) is 10.7. The van der Waals surface area contributed by atoms with Gasteiger partial charge in [0, 0.05) is 0 Å². The van der Waals surface area contributed by atoms with Crippen molar-refractivity contribution in [2.24, 2.45) is 0 Å². The Kier molecular flexibility index (Phi) is 2.47. The Bertz CT molecular complexity index is 146. The van der Waals surface area contributed by atoms with Gasteiger partial charge >= 0.3 is 64.4 Å². The summed E-state index contributed by atoms with van der Waals surface area (Å²) in [6.07, 6.45) is 0. The Morgan fingerprint density at radius 3 is 2.12 bits per heavy atom. The topological polar surface area (TPSA) is 0 Å². The first-order valence-corrected chi connectivity index (χ1v) is 7.01. The van der Waals surface area contributed by atoms with Gasteiger partial charge in [0.25, 0.3) is 0 Å². The molecule has 0 aliphatic carbocycles. The predicted octanol–water partition coefficient (Wildman–Crippen LogP) is 0.820. The first-order valence-electron chi connectivity index (χ1n) is 2.97. The van der Waals surface area contributed by atoms with Crippen molar-refractivity contribution in [3.8, 4) is 0 Å². The summed E-state index contributed by atoms with van der Waals surface area (Å²) in [5.41, 5.74) is 1.50. The van der Waals surface area contributed by atoms with Crippen LogP contribution in [0.2, 0.25) is 0 Å². The van der Waals surface area contributed by atoms with E-state index >= 15 is 0 Å². The number of hydrogen-bond donors (Lipinski definition) is 0. The quantitative estimate of drug-likeness (QED) is 0.640. The van der Waals surface area contributed by atoms with Crippen molar-refractivity contribution in [2.45, 2.75) is 4.18 Å². The molecular weight excluding hydrogens is 199 g/mol. The summed E-state index contributed by atoms with van der Waals surface area (Å²) >= 11 is 0.823. The second-order valence-corrected chi connectivity index (χ2v) is 3.86. The van der Waals surface area contributed by atoms with E-state index in [1.54, 1.807) is 0 Å². The van der Waals surface area contributed by atoms with E-state index < -0.39 is 0 Å². The van der Waals surface area contributed by atoms with Gasteiger partial charge in [0.2, 0.25) is 0 Å². The van der Waals surface area contributed by atoms with Crippen molar-refractivity contribution >= 4 is 24.4 Å². The monoisotopic (exact) mass is 208 g/mol. The molecule has 0 aliphatic heterocycles. The molecule has 1 heteroatoms. The van der Waals surface area contributed by atoms with E-state index in [-0.39, 0.29) is 0 Å². The molecule has 0 aliphatic rings. The third kappa shape index (κ3) is 1.55. The Labute approximate surface area is 64.5 Å². The fourth-order valence-corrected chi connectivity index (χ4v) is 2.06. The van der Waals surface area contributed by atoms with Crippen LogP contribution in [0.15, 0.2) is 30.3 Å². The summed E-state index contributed by atoms with van der Waals surface area (Å²) in [5.74, 6) is 0. The molecule has 0 bridgehead atoms. The van der Waals surface area contributed by atoms with Gasteiger partial charge in [-0.2, -0.15) is 0 Å². The third-order valence-corrected chi connectivity index (χ3v) is 3.58. The molecule has 1 rings (SSSR count). The van der Waals surface area contributed by atoms with E-state index in [2.05, 4.69) is 30.3 Å². The normalized spacial score (nSPS) is 9.00. The molecule has 1 aromatic carbocycles. The van der Waals surface area contributed by atoms with Gasteiger partial charge in [-0.25, -0.2) is 0 Å². The molecule has 1 aromatic rings. The first kappa shape index (κ1) is 6.21. The molecule has 0 amide bonds. The molecule has 0 spiro atoms. The summed E-state index contributed by atoms with van der Waals surface area (Å²) in [6.45, 7) is 0. The van der Waals surface area contributed by atoms with Gasteiger partial charge in [0.15, 0.2) is 0 Å². The molecule has 8 heavy (non-hydrogen) atoms. The van der Waals surface area contributed by atoms with Crippen LogP contribution in [-0.4, -0.2) is 24.4 Å². The molecule has 0 saturated carbocycles. The Morgan fingerprint density at radius 2 is 1.75 bits per heavy atom. The fraction of sp³-hybridized carbons (Fsp3) is 0.143. The summed E-state index contributed by atoms with van der Waals surface area (Å²) in [5, 5.41) is 0. The fourth-order valence-electron chi connectivity index (χ4n) is 0.714. The van der Waals surface area contributed by atoms with E-state index in [0.29, 0.717) is 0 Å². The van der Waals surface area contributed by atoms with Crippen LogP contribution in [0.5, 0.6) is 0 Å². The maximum atomic E-state index is 2.19. The average Bonchev–Trinajstić information content (AvgIpc) is 1.90. The van der Waals surface area contributed by atoms with Crippen LogP contribution in [0.1, 0.15) is 5.56 Å². The second-order valence-electron chi connectivity index (χ2n) is 1.84. The van der Waals surface area contributed by atoms with Gasteiger partial charge in [0.05, 0.1) is 0 Å². The number of hydrogen-bond acceptors (Lipinski definition) is 0. The maximum absolute atomic E-state index is 2.19. The molecule has 40 valence electrons. The zero-order chi connectivity index (χ0) is 5.82. The molecule has 0 nitrogen and oxygen atoms in total. The average molecular weight is 208 g/mol. The molecule has 0 N–H and O–H groups in total. The SMILES string of the molecule is [InH2][CH2]c1ccccc1. The van der Waals surface area contributed by atoms with E-state index in [9.17, 15) is 0 Å². The second kappa shape index (κ2) is 3.18. The first-order chi connectivity index (χ1) is 3.93. The van der Waals surface area contributed by atoms with Crippen LogP contribution in [0.3, 0.4) is 0 Å². The minimum atomic E-state index is 0.823. The number of rotatable bonds is 1. The summed E-state index contributed by atoms with van der Waals surface area (Å²) in [7, 11) is 0. The van der Waals surface area contributed by atoms with Crippen molar-refractivity contribution in [1.82, 2.24) is 0 Å². The van der Waals surface area contributed by atoms with Crippen LogP contribution in [0.4, 0.5) is 0 Å². The van der Waals surface area contributed by atoms with Gasteiger partial charge in [-0.05, 0) is 0 Å². The van der Waals surface area contributed by atoms with Gasteiger partial charge < -0.3 is 0 Å². The van der Waals surface area contributed by atoms with Crippen molar-refractivity contribution in [2.75, 3.05) is 0 Å². The molecule has 0 aromatic heterocycles. The molecular formula is C7H9In. The zero-order valence-electron chi connectivity index (χ0n) is 5.09. The molecule has 0 saturated heterocycles. The van der Waals surface area contributed by atoms with Crippen LogP contribution in [0, 0.1) is 0 Å². The Hall–Kier alpha value is 0.0901. The van der Waals surface area contributed by atoms with Crippen molar-refractivity contribution in [3.63, 3.8) is 0 Å². The van der Waals surface area contributed by atoms with E-state index in [1.807, 2.05) is 0 Å². The van der Waals surface area contributed by atoms with Crippen LogP contribution >= 0.6 is 0 Å². The summed E-state index contributed by atoms with van der Waals surface area (Å²) in [4.78, 5) is 0. The van der Waals surface area contributed by atoms with Crippen molar-refractivity contribution in [1.29, 1.82) is 0 Å².